The van der Waals surface area contributed by atoms with Crippen LogP contribution >= 0.6 is 0 Å². The molecule has 17 heavy (non-hydrogen) atoms. The summed E-state index contributed by atoms with van der Waals surface area (Å²) >= 11 is 0. The Morgan fingerprint density at radius 2 is 2.06 bits per heavy atom. The van der Waals surface area contributed by atoms with Crippen molar-refractivity contribution in [1.29, 1.82) is 0 Å². The predicted molar refractivity (Wildman–Crippen MR) is 54.5 cm³/mol. The van der Waals surface area contributed by atoms with Crippen LogP contribution < -0.4 is 11.2 Å². The molecule has 0 fully saturated rings. The normalized spacial score (nSPS) is 13.9. The van der Waals surface area contributed by atoms with Gasteiger partial charge >= 0.3 is 5.69 Å². The maximum atomic E-state index is 11.3. The largest absolute Gasteiger partial charge is 0.393 e. The first-order valence-electron chi connectivity index (χ1n) is 4.61. The topological polar surface area (TPSA) is 129 Å². The van der Waals surface area contributed by atoms with Gasteiger partial charge in [-0.25, -0.2) is 4.79 Å². The standard InChI is InChI=1S/C9H10N2O6/c12-2-5(3-13)17-7(4-14)6-1-10-9(16)11-8(6)15/h1-2,4-5,7,13H,3H2,(H2,10,11,15,16)/t5-,7-/m1/s1. The van der Waals surface area contributed by atoms with Crippen LogP contribution in [0.5, 0.6) is 0 Å². The molecule has 3 N–H and O–H groups in total. The van der Waals surface area contributed by atoms with E-state index in [-0.39, 0.29) is 11.8 Å². The molecule has 0 spiro atoms. The first-order chi connectivity index (χ1) is 8.12. The van der Waals surface area contributed by atoms with Crippen molar-refractivity contribution < 1.29 is 19.4 Å². The van der Waals surface area contributed by atoms with Gasteiger partial charge in [0.05, 0.1) is 12.2 Å². The molecule has 1 rings (SSSR count). The van der Waals surface area contributed by atoms with Gasteiger partial charge in [0.1, 0.15) is 12.2 Å². The van der Waals surface area contributed by atoms with Gasteiger partial charge in [0.15, 0.2) is 12.6 Å². The Hall–Kier alpha value is -2.06. The van der Waals surface area contributed by atoms with Gasteiger partial charge in [-0.1, -0.05) is 0 Å². The van der Waals surface area contributed by atoms with E-state index >= 15 is 0 Å². The van der Waals surface area contributed by atoms with Crippen molar-refractivity contribution in [2.75, 3.05) is 6.61 Å². The summed E-state index contributed by atoms with van der Waals surface area (Å²) in [4.78, 5) is 47.3. The lowest BCUT2D eigenvalue weighted by atomic mass is 10.2. The summed E-state index contributed by atoms with van der Waals surface area (Å²) in [6, 6.07) is 0. The summed E-state index contributed by atoms with van der Waals surface area (Å²) in [7, 11) is 0. The minimum atomic E-state index is -1.34. The number of hydrogen-bond acceptors (Lipinski definition) is 6. The number of ether oxygens (including phenoxy) is 1. The number of H-pyrrole nitrogens is 2. The van der Waals surface area contributed by atoms with Gasteiger partial charge in [0.2, 0.25) is 0 Å². The Bertz CT molecular complexity index is 505. The molecular weight excluding hydrogens is 232 g/mol. The number of carbonyl (C=O) groups excluding carboxylic acids is 2. The van der Waals surface area contributed by atoms with E-state index in [0.717, 1.165) is 6.20 Å². The zero-order chi connectivity index (χ0) is 12.8. The lowest BCUT2D eigenvalue weighted by Gasteiger charge is -2.14. The van der Waals surface area contributed by atoms with Crippen LogP contribution in [-0.2, 0) is 14.3 Å². The Labute approximate surface area is 94.2 Å². The molecule has 1 aromatic rings. The van der Waals surface area contributed by atoms with E-state index in [9.17, 15) is 19.2 Å². The zero-order valence-electron chi connectivity index (χ0n) is 8.58. The molecule has 0 saturated carbocycles. The fourth-order valence-corrected chi connectivity index (χ4v) is 1.12. The minimum Gasteiger partial charge on any atom is -0.393 e. The van der Waals surface area contributed by atoms with Gasteiger partial charge in [-0.05, 0) is 0 Å². The quantitative estimate of drug-likeness (QED) is 0.489. The summed E-state index contributed by atoms with van der Waals surface area (Å²) in [5.74, 6) is 0. The molecule has 1 heterocycles. The highest BCUT2D eigenvalue weighted by Crippen LogP contribution is 2.10. The average molecular weight is 242 g/mol. The van der Waals surface area contributed by atoms with Crippen LogP contribution in [0.25, 0.3) is 0 Å². The number of aliphatic hydroxyl groups is 1. The van der Waals surface area contributed by atoms with Gasteiger partial charge in [-0.15, -0.1) is 0 Å². The van der Waals surface area contributed by atoms with E-state index in [1.54, 1.807) is 0 Å². The molecule has 1 aromatic heterocycles. The van der Waals surface area contributed by atoms with Crippen LogP contribution in [0.3, 0.4) is 0 Å². The number of carbonyl (C=O) groups is 2. The highest BCUT2D eigenvalue weighted by atomic mass is 16.5. The summed E-state index contributed by atoms with van der Waals surface area (Å²) in [5, 5.41) is 8.71. The molecule has 0 saturated heterocycles. The summed E-state index contributed by atoms with van der Waals surface area (Å²) in [5.41, 5.74) is -1.68. The Kier molecular flexibility index (Phi) is 4.49. The number of nitrogens with one attached hydrogen (secondary N) is 2. The third-order valence-electron chi connectivity index (χ3n) is 1.93. The highest BCUT2D eigenvalue weighted by Gasteiger charge is 2.19. The fourth-order valence-electron chi connectivity index (χ4n) is 1.12. The Balaban J connectivity index is 3.01. The van der Waals surface area contributed by atoms with E-state index in [2.05, 4.69) is 4.98 Å². The second-order valence-corrected chi connectivity index (χ2v) is 3.08. The molecule has 92 valence electrons. The molecule has 2 atom stereocenters. The van der Waals surface area contributed by atoms with Crippen molar-refractivity contribution in [3.63, 3.8) is 0 Å². The second-order valence-electron chi connectivity index (χ2n) is 3.08. The first kappa shape index (κ1) is 13.0. The summed E-state index contributed by atoms with van der Waals surface area (Å²) in [6.45, 7) is -0.616. The van der Waals surface area contributed by atoms with Gasteiger partial charge < -0.3 is 24.4 Å². The lowest BCUT2D eigenvalue weighted by Crippen LogP contribution is -2.30. The molecule has 0 unspecified atom stereocenters. The number of aliphatic hydroxyl groups excluding tert-OH is 1. The lowest BCUT2D eigenvalue weighted by molar-refractivity contribution is -0.133. The van der Waals surface area contributed by atoms with Gasteiger partial charge in [-0.3, -0.25) is 9.78 Å². The Morgan fingerprint density at radius 3 is 2.53 bits per heavy atom. The van der Waals surface area contributed by atoms with Gasteiger partial charge in [-0.2, -0.15) is 0 Å². The number of aromatic amines is 2. The van der Waals surface area contributed by atoms with Gasteiger partial charge in [0.25, 0.3) is 5.56 Å². The van der Waals surface area contributed by atoms with Crippen molar-refractivity contribution in [3.8, 4) is 0 Å². The number of rotatable bonds is 6. The molecule has 0 aromatic carbocycles. The monoisotopic (exact) mass is 242 g/mol. The summed E-state index contributed by atoms with van der Waals surface area (Å²) in [6.07, 6.45) is -0.945. The number of hydrogen-bond donors (Lipinski definition) is 3. The maximum absolute atomic E-state index is 11.3. The van der Waals surface area contributed by atoms with Crippen molar-refractivity contribution in [3.05, 3.63) is 32.6 Å². The first-order valence-corrected chi connectivity index (χ1v) is 4.61. The summed E-state index contributed by atoms with van der Waals surface area (Å²) < 4.78 is 4.88. The zero-order valence-corrected chi connectivity index (χ0v) is 8.58. The van der Waals surface area contributed by atoms with Crippen molar-refractivity contribution in [2.45, 2.75) is 12.2 Å². The second kappa shape index (κ2) is 5.87. The van der Waals surface area contributed by atoms with Crippen LogP contribution in [0.4, 0.5) is 0 Å². The van der Waals surface area contributed by atoms with E-state index in [4.69, 9.17) is 9.84 Å². The maximum Gasteiger partial charge on any atom is 0.325 e. The predicted octanol–water partition coefficient (Wildman–Crippen LogP) is -2.12. The molecule has 0 amide bonds. The Morgan fingerprint density at radius 1 is 1.35 bits per heavy atom. The van der Waals surface area contributed by atoms with Crippen molar-refractivity contribution in [2.24, 2.45) is 0 Å². The van der Waals surface area contributed by atoms with Crippen molar-refractivity contribution in [1.82, 2.24) is 9.97 Å². The third-order valence-corrected chi connectivity index (χ3v) is 1.93. The van der Waals surface area contributed by atoms with Crippen LogP contribution in [0.1, 0.15) is 11.7 Å². The average Bonchev–Trinajstić information content (AvgIpc) is 2.32. The molecule has 0 aliphatic heterocycles. The molecule has 0 radical (unpaired) electrons. The van der Waals surface area contributed by atoms with E-state index < -0.39 is 30.1 Å². The molecule has 0 bridgehead atoms. The van der Waals surface area contributed by atoms with Crippen LogP contribution in [0.2, 0.25) is 0 Å². The molecule has 8 heteroatoms. The van der Waals surface area contributed by atoms with Crippen LogP contribution in [0.15, 0.2) is 15.8 Å². The molecule has 8 nitrogen and oxygen atoms in total. The fraction of sp³-hybridized carbons (Fsp3) is 0.333. The number of aromatic nitrogens is 2. The third kappa shape index (κ3) is 3.20. The van der Waals surface area contributed by atoms with E-state index in [0.29, 0.717) is 6.29 Å². The van der Waals surface area contributed by atoms with Crippen LogP contribution in [0, 0.1) is 0 Å². The minimum absolute atomic E-state index is 0.153. The van der Waals surface area contributed by atoms with E-state index in [1.807, 2.05) is 4.98 Å². The van der Waals surface area contributed by atoms with Crippen molar-refractivity contribution >= 4 is 12.6 Å². The van der Waals surface area contributed by atoms with Gasteiger partial charge in [0, 0.05) is 6.20 Å². The SMILES string of the molecule is O=C[C@H](CO)O[C@H](C=O)c1c[nH]c(=O)[nH]c1=O. The molecular formula is C9H10N2O6. The molecule has 0 aliphatic rings. The number of aldehydes is 2. The highest BCUT2D eigenvalue weighted by molar-refractivity contribution is 5.61. The molecule has 0 aliphatic carbocycles. The van der Waals surface area contributed by atoms with Crippen LogP contribution in [-0.4, -0.2) is 40.4 Å². The van der Waals surface area contributed by atoms with E-state index in [1.165, 1.54) is 0 Å². The smallest absolute Gasteiger partial charge is 0.325 e.